The Bertz CT molecular complexity index is 736. The Hall–Kier alpha value is -1.02. The summed E-state index contributed by atoms with van der Waals surface area (Å²) in [5.74, 6) is 0. The normalized spacial score (nSPS) is 11.4. The second-order valence-corrected chi connectivity index (χ2v) is 7.14. The van der Waals surface area contributed by atoms with E-state index in [0.29, 0.717) is 0 Å². The van der Waals surface area contributed by atoms with Crippen LogP contribution in [0.25, 0.3) is 0 Å². The van der Waals surface area contributed by atoms with E-state index in [0.717, 1.165) is 11.3 Å². The molecule has 2 N–H and O–H groups in total. The Kier molecular flexibility index (Phi) is 3.67. The lowest BCUT2D eigenvalue weighted by Crippen LogP contribution is -2.19. The highest BCUT2D eigenvalue weighted by Gasteiger charge is 2.21. The number of H-pyrrole nitrogens is 1. The van der Waals surface area contributed by atoms with E-state index in [-0.39, 0.29) is 19.3 Å². The summed E-state index contributed by atoms with van der Waals surface area (Å²) in [6.07, 6.45) is 1.40. The second kappa shape index (κ2) is 4.93. The third-order valence-corrected chi connectivity index (χ3v) is 5.10. The summed E-state index contributed by atoms with van der Waals surface area (Å²) in [4.78, 5) is 13.6. The molecule has 2 rings (SSSR count). The van der Waals surface area contributed by atoms with Crippen molar-refractivity contribution in [3.63, 3.8) is 0 Å². The van der Waals surface area contributed by atoms with Crippen molar-refractivity contribution in [3.05, 3.63) is 43.4 Å². The first-order valence-electron chi connectivity index (χ1n) is 4.55. The monoisotopic (exact) mass is 324 g/mol. The van der Waals surface area contributed by atoms with Crippen LogP contribution in [0.5, 0.6) is 0 Å². The maximum Gasteiger partial charge on any atom is 0.272 e. The summed E-state index contributed by atoms with van der Waals surface area (Å²) in [6.45, 7) is 0. The van der Waals surface area contributed by atoms with Gasteiger partial charge in [0.05, 0.1) is 4.34 Å². The van der Waals surface area contributed by atoms with Gasteiger partial charge in [-0.25, -0.2) is 8.42 Å². The minimum Gasteiger partial charge on any atom is -0.327 e. The molecule has 0 aliphatic carbocycles. The van der Waals surface area contributed by atoms with Gasteiger partial charge >= 0.3 is 0 Å². The quantitative estimate of drug-likeness (QED) is 0.910. The molecular weight excluding hydrogens is 319 g/mol. The molecule has 0 unspecified atom stereocenters. The van der Waals surface area contributed by atoms with E-state index >= 15 is 0 Å². The molecule has 0 amide bonds. The van der Waals surface area contributed by atoms with Crippen LogP contribution in [0.2, 0.25) is 8.67 Å². The van der Waals surface area contributed by atoms with Gasteiger partial charge in [0.25, 0.3) is 15.6 Å². The molecule has 2 aromatic heterocycles. The summed E-state index contributed by atoms with van der Waals surface area (Å²) in [5, 5.41) is 0. The molecule has 2 aromatic rings. The largest absolute Gasteiger partial charge is 0.327 e. The molecular formula is C9H6Cl2N2O3S2. The minimum atomic E-state index is -3.92. The molecule has 0 aliphatic rings. The molecule has 96 valence electrons. The summed E-state index contributed by atoms with van der Waals surface area (Å²) in [6, 6.07) is 4.08. The number of rotatable bonds is 3. The summed E-state index contributed by atoms with van der Waals surface area (Å²) in [5.41, 5.74) is -0.630. The van der Waals surface area contributed by atoms with Gasteiger partial charge in [0.15, 0.2) is 0 Å². The zero-order valence-electron chi connectivity index (χ0n) is 8.61. The Morgan fingerprint density at radius 3 is 2.61 bits per heavy atom. The zero-order valence-corrected chi connectivity index (χ0v) is 11.8. The van der Waals surface area contributed by atoms with Gasteiger partial charge in [0.2, 0.25) is 0 Å². The fraction of sp³-hybridized carbons (Fsp3) is 0. The van der Waals surface area contributed by atoms with Gasteiger partial charge in [-0.05, 0) is 18.2 Å². The zero-order chi connectivity index (χ0) is 13.3. The highest BCUT2D eigenvalue weighted by Crippen LogP contribution is 2.34. The van der Waals surface area contributed by atoms with Crippen molar-refractivity contribution in [2.45, 2.75) is 4.90 Å². The number of hydrogen-bond acceptors (Lipinski definition) is 4. The Labute approximate surface area is 116 Å². The van der Waals surface area contributed by atoms with E-state index in [2.05, 4.69) is 9.71 Å². The van der Waals surface area contributed by atoms with Crippen molar-refractivity contribution < 1.29 is 8.42 Å². The number of aromatic nitrogens is 1. The standard InChI is InChI=1S/C9H6Cl2N2O3S2/c10-7-4-6(8(11)17-7)18(15,16)13-5-2-1-3-12-9(5)14/h1-4,13H,(H,12,14). The number of pyridine rings is 1. The van der Waals surface area contributed by atoms with Crippen molar-refractivity contribution in [1.29, 1.82) is 0 Å². The third kappa shape index (κ3) is 2.69. The Morgan fingerprint density at radius 1 is 1.33 bits per heavy atom. The first-order valence-corrected chi connectivity index (χ1v) is 7.61. The maximum absolute atomic E-state index is 12.0. The van der Waals surface area contributed by atoms with Gasteiger partial charge in [-0.3, -0.25) is 9.52 Å². The van der Waals surface area contributed by atoms with Crippen LogP contribution in [0.4, 0.5) is 5.69 Å². The molecule has 0 aromatic carbocycles. The number of halogens is 2. The van der Waals surface area contributed by atoms with Crippen LogP contribution in [0.1, 0.15) is 0 Å². The van der Waals surface area contributed by atoms with Crippen molar-refractivity contribution in [2.24, 2.45) is 0 Å². The van der Waals surface area contributed by atoms with Crippen LogP contribution in [0, 0.1) is 0 Å². The molecule has 0 fully saturated rings. The van der Waals surface area contributed by atoms with Crippen LogP contribution in [-0.2, 0) is 10.0 Å². The molecule has 0 radical (unpaired) electrons. The summed E-state index contributed by atoms with van der Waals surface area (Å²) >= 11 is 12.4. The molecule has 0 aliphatic heterocycles. The number of thiophene rings is 1. The van der Waals surface area contributed by atoms with Crippen molar-refractivity contribution in [1.82, 2.24) is 4.98 Å². The van der Waals surface area contributed by atoms with Crippen molar-refractivity contribution in [2.75, 3.05) is 4.72 Å². The van der Waals surface area contributed by atoms with E-state index in [4.69, 9.17) is 23.2 Å². The van der Waals surface area contributed by atoms with E-state index in [9.17, 15) is 13.2 Å². The minimum absolute atomic E-state index is 0.0415. The fourth-order valence-electron chi connectivity index (χ4n) is 1.21. The van der Waals surface area contributed by atoms with Gasteiger partial charge < -0.3 is 4.98 Å². The third-order valence-electron chi connectivity index (χ3n) is 1.98. The molecule has 0 spiro atoms. The van der Waals surface area contributed by atoms with Gasteiger partial charge in [-0.15, -0.1) is 11.3 Å². The summed E-state index contributed by atoms with van der Waals surface area (Å²) < 4.78 is 26.4. The lowest BCUT2D eigenvalue weighted by molar-refractivity contribution is 0.601. The number of sulfonamides is 1. The van der Waals surface area contributed by atoms with E-state index in [1.165, 1.54) is 24.4 Å². The van der Waals surface area contributed by atoms with Gasteiger partial charge in [-0.2, -0.15) is 0 Å². The number of nitrogens with one attached hydrogen (secondary N) is 2. The lowest BCUT2D eigenvalue weighted by atomic mass is 10.4. The number of anilines is 1. The van der Waals surface area contributed by atoms with Crippen LogP contribution in [-0.4, -0.2) is 13.4 Å². The molecule has 5 nitrogen and oxygen atoms in total. The van der Waals surface area contributed by atoms with Crippen LogP contribution in [0.15, 0.2) is 34.1 Å². The topological polar surface area (TPSA) is 79.0 Å². The van der Waals surface area contributed by atoms with E-state index < -0.39 is 15.6 Å². The lowest BCUT2D eigenvalue weighted by Gasteiger charge is -2.05. The average molecular weight is 325 g/mol. The first-order chi connectivity index (χ1) is 8.40. The van der Waals surface area contributed by atoms with Crippen molar-refractivity contribution >= 4 is 50.2 Å². The number of aromatic amines is 1. The molecule has 0 saturated heterocycles. The highest BCUT2D eigenvalue weighted by molar-refractivity contribution is 7.93. The number of hydrogen-bond donors (Lipinski definition) is 2. The van der Waals surface area contributed by atoms with Crippen LogP contribution < -0.4 is 10.3 Å². The van der Waals surface area contributed by atoms with Gasteiger partial charge in [-0.1, -0.05) is 23.2 Å². The van der Waals surface area contributed by atoms with Gasteiger partial charge in [0.1, 0.15) is 14.9 Å². The smallest absolute Gasteiger partial charge is 0.272 e. The molecule has 2 heterocycles. The molecule has 0 atom stereocenters. The highest BCUT2D eigenvalue weighted by atomic mass is 35.5. The average Bonchev–Trinajstić information content (AvgIpc) is 2.62. The van der Waals surface area contributed by atoms with Crippen LogP contribution >= 0.6 is 34.5 Å². The SMILES string of the molecule is O=c1[nH]cccc1NS(=O)(=O)c1cc(Cl)sc1Cl. The molecule has 0 saturated carbocycles. The summed E-state index contributed by atoms with van der Waals surface area (Å²) in [7, 11) is -3.92. The maximum atomic E-state index is 12.0. The van der Waals surface area contributed by atoms with E-state index in [1.807, 2.05) is 0 Å². The molecule has 0 bridgehead atoms. The Balaban J connectivity index is 2.43. The predicted octanol–water partition coefficient (Wildman–Crippen LogP) is 2.54. The molecule has 18 heavy (non-hydrogen) atoms. The van der Waals surface area contributed by atoms with Crippen molar-refractivity contribution in [3.8, 4) is 0 Å². The first kappa shape index (κ1) is 13.4. The van der Waals surface area contributed by atoms with Crippen LogP contribution in [0.3, 0.4) is 0 Å². The molecule has 9 heteroatoms. The Morgan fingerprint density at radius 2 is 2.06 bits per heavy atom. The van der Waals surface area contributed by atoms with Gasteiger partial charge in [0, 0.05) is 6.20 Å². The van der Waals surface area contributed by atoms with E-state index in [1.54, 1.807) is 0 Å². The fourth-order valence-corrected chi connectivity index (χ4v) is 4.42. The second-order valence-electron chi connectivity index (χ2n) is 3.21. The predicted molar refractivity (Wildman–Crippen MR) is 72.2 cm³/mol.